The number of rotatable bonds is 26. The van der Waals surface area contributed by atoms with Gasteiger partial charge in [-0.05, 0) is 108 Å². The lowest BCUT2D eigenvalue weighted by molar-refractivity contribution is -0.296. The normalized spacial score (nSPS) is 20.0. The Morgan fingerprint density at radius 3 is 1.46 bits per heavy atom. The largest absolute Gasteiger partial charge is 0.497 e. The molecule has 0 spiro atoms. The van der Waals surface area contributed by atoms with Gasteiger partial charge in [0.15, 0.2) is 30.4 Å². The molecule has 0 bridgehead atoms. The average molecular weight is 1160 g/mol. The van der Waals surface area contributed by atoms with E-state index in [1.54, 1.807) is 87.0 Å². The van der Waals surface area contributed by atoms with Gasteiger partial charge in [-0.2, -0.15) is 0 Å². The number of benzene rings is 7. The smallest absolute Gasteiger partial charge is 0.338 e. The van der Waals surface area contributed by atoms with Gasteiger partial charge >= 0.3 is 23.9 Å². The van der Waals surface area contributed by atoms with Gasteiger partial charge in [0.2, 0.25) is 5.91 Å². The van der Waals surface area contributed by atoms with Gasteiger partial charge < -0.3 is 57.8 Å². The van der Waals surface area contributed by atoms with Crippen molar-refractivity contribution in [1.29, 1.82) is 0 Å². The van der Waals surface area contributed by atoms with Crippen LogP contribution in [0.2, 0.25) is 0 Å². The van der Waals surface area contributed by atoms with Gasteiger partial charge in [0.25, 0.3) is 0 Å². The number of carbonyl (C=O) groups excluding carboxylic acids is 6. The topological polar surface area (TPSA) is 227 Å². The summed E-state index contributed by atoms with van der Waals surface area (Å²) >= 11 is 0. The van der Waals surface area contributed by atoms with Crippen LogP contribution >= 0.6 is 0 Å². The molecular formula is C67H65NO17. The van der Waals surface area contributed by atoms with E-state index < -0.39 is 91.3 Å². The number of ketones is 1. The summed E-state index contributed by atoms with van der Waals surface area (Å²) in [7, 11) is 3.19. The second-order valence-electron chi connectivity index (χ2n) is 20.2. The van der Waals surface area contributed by atoms with Crippen LogP contribution in [0.5, 0.6) is 11.5 Å². The summed E-state index contributed by atoms with van der Waals surface area (Å²) in [5, 5.41) is 13.7. The summed E-state index contributed by atoms with van der Waals surface area (Å²) in [6, 6.07) is 56.8. The highest BCUT2D eigenvalue weighted by Gasteiger charge is 2.54. The first-order valence-electron chi connectivity index (χ1n) is 27.7. The first-order valence-corrected chi connectivity index (χ1v) is 27.7. The summed E-state index contributed by atoms with van der Waals surface area (Å²) in [5.41, 5.74) is 1.82. The predicted octanol–water partition coefficient (Wildman–Crippen LogP) is 8.38. The molecule has 440 valence electrons. The molecule has 0 aromatic heterocycles. The van der Waals surface area contributed by atoms with Crippen LogP contribution < -0.4 is 14.8 Å². The first kappa shape index (κ1) is 60.5. The van der Waals surface area contributed by atoms with Crippen molar-refractivity contribution in [2.45, 2.75) is 55.3 Å². The highest BCUT2D eigenvalue weighted by atomic mass is 16.7. The molecule has 1 amide bonds. The molecule has 18 heteroatoms. The highest BCUT2D eigenvalue weighted by Crippen LogP contribution is 2.44. The van der Waals surface area contributed by atoms with E-state index in [2.05, 4.69) is 5.32 Å². The number of ether oxygens (including phenoxy) is 10. The van der Waals surface area contributed by atoms with E-state index in [1.165, 1.54) is 48.5 Å². The zero-order valence-electron chi connectivity index (χ0n) is 46.8. The number of hydrogen-bond donors (Lipinski definition) is 2. The minimum absolute atomic E-state index is 0.0799. The lowest BCUT2D eigenvalue weighted by Crippen LogP contribution is -2.63. The molecule has 8 atom stereocenters. The predicted molar refractivity (Wildman–Crippen MR) is 308 cm³/mol. The lowest BCUT2D eigenvalue weighted by atomic mass is 9.79. The van der Waals surface area contributed by atoms with Crippen LogP contribution in [0.3, 0.4) is 0 Å². The molecule has 7 aromatic carbocycles. The van der Waals surface area contributed by atoms with Gasteiger partial charge in [-0.1, -0.05) is 127 Å². The number of aliphatic hydroxyl groups excluding tert-OH is 1. The zero-order valence-corrected chi connectivity index (χ0v) is 46.8. The first-order chi connectivity index (χ1) is 41.4. The molecular weight excluding hydrogens is 1090 g/mol. The molecule has 1 saturated heterocycles. The van der Waals surface area contributed by atoms with Crippen molar-refractivity contribution < 1.29 is 81.2 Å². The monoisotopic (exact) mass is 1160 g/mol. The Bertz CT molecular complexity index is 3250. The summed E-state index contributed by atoms with van der Waals surface area (Å²) in [6.07, 6.45) is -8.47. The Hall–Kier alpha value is -9.04. The van der Waals surface area contributed by atoms with Crippen LogP contribution in [-0.2, 0) is 53.1 Å². The molecule has 2 aliphatic rings. The molecule has 2 fully saturated rings. The molecule has 2 N–H and O–H groups in total. The molecule has 3 unspecified atom stereocenters. The second kappa shape index (κ2) is 29.5. The van der Waals surface area contributed by atoms with Crippen LogP contribution in [-0.4, -0.2) is 131 Å². The van der Waals surface area contributed by atoms with Crippen molar-refractivity contribution >= 4 is 35.6 Å². The minimum atomic E-state index is -1.73. The average Bonchev–Trinajstić information content (AvgIpc) is 3.89. The second-order valence-corrected chi connectivity index (χ2v) is 20.2. The number of amides is 1. The number of methoxy groups -OCH3 is 2. The third-order valence-electron chi connectivity index (χ3n) is 14.7. The summed E-state index contributed by atoms with van der Waals surface area (Å²) < 4.78 is 60.3. The number of esters is 4. The van der Waals surface area contributed by atoms with E-state index >= 15 is 0 Å². The van der Waals surface area contributed by atoms with Crippen LogP contribution in [0.1, 0.15) is 71.0 Å². The van der Waals surface area contributed by atoms with E-state index in [9.17, 15) is 33.9 Å². The van der Waals surface area contributed by atoms with Crippen molar-refractivity contribution in [3.63, 3.8) is 0 Å². The molecule has 85 heavy (non-hydrogen) atoms. The lowest BCUT2D eigenvalue weighted by Gasteiger charge is -2.44. The summed E-state index contributed by atoms with van der Waals surface area (Å²) in [6.45, 7) is -1.73. The minimum Gasteiger partial charge on any atom is -0.497 e. The maximum Gasteiger partial charge on any atom is 0.338 e. The standard InChI is InChI=1S/C67H65NO17/c1-76-53-32-28-50(29-33-53)67(49-26-16-7-17-27-49,51-30-34-54(77-2)35-31-51)81-40-48-38-52(69)39-55(48)56(70)41-78-37-36-68-58(71)43-80-66-61(85-65(75)47-24-14-6-15-25-47)60(84-64(74)46-22-12-5-13-23-46)59(83-63(73)45-20-10-4-11-21-45)57(82-66)42-79-62(72)44-18-8-3-9-19-44/h3-35,48,52,55,57,59-61,66,69H,36-43H2,1-2H3,(H,68,71)/t48-,52+,55?,57?,59+,60+,61?,66-/m0/s1. The molecule has 1 heterocycles. The maximum atomic E-state index is 14.0. The number of nitrogens with one attached hydrogen (secondary N) is 1. The van der Waals surface area contributed by atoms with Crippen molar-refractivity contribution in [3.8, 4) is 11.5 Å². The summed E-state index contributed by atoms with van der Waals surface area (Å²) in [5.74, 6) is -4.06. The molecule has 9 rings (SSSR count). The van der Waals surface area contributed by atoms with Crippen LogP contribution in [0.4, 0.5) is 0 Å². The molecule has 0 radical (unpaired) electrons. The fourth-order valence-electron chi connectivity index (χ4n) is 10.4. The van der Waals surface area contributed by atoms with Gasteiger partial charge in [0, 0.05) is 12.5 Å². The van der Waals surface area contributed by atoms with Gasteiger partial charge in [-0.3, -0.25) is 9.59 Å². The van der Waals surface area contributed by atoms with Gasteiger partial charge in [0.1, 0.15) is 43.0 Å². The Kier molecular flexibility index (Phi) is 21.0. The van der Waals surface area contributed by atoms with Crippen molar-refractivity contribution in [2.24, 2.45) is 11.8 Å². The maximum absolute atomic E-state index is 14.0. The van der Waals surface area contributed by atoms with Crippen LogP contribution in [0.15, 0.2) is 200 Å². The van der Waals surface area contributed by atoms with E-state index in [0.29, 0.717) is 17.9 Å². The van der Waals surface area contributed by atoms with E-state index in [1.807, 2.05) is 78.9 Å². The Balaban J connectivity index is 0.882. The Labute approximate surface area is 491 Å². The fraction of sp³-hybridized carbons (Fsp3) is 0.284. The Morgan fingerprint density at radius 2 is 0.965 bits per heavy atom. The van der Waals surface area contributed by atoms with Gasteiger partial charge in [0.05, 0.1) is 55.8 Å². The third kappa shape index (κ3) is 15.4. The molecule has 1 aliphatic carbocycles. The van der Waals surface area contributed by atoms with E-state index in [-0.39, 0.29) is 66.7 Å². The highest BCUT2D eigenvalue weighted by molar-refractivity contribution is 5.92. The van der Waals surface area contributed by atoms with Crippen molar-refractivity contribution in [2.75, 3.05) is 53.8 Å². The van der Waals surface area contributed by atoms with E-state index in [4.69, 9.17) is 47.4 Å². The molecule has 1 saturated carbocycles. The van der Waals surface area contributed by atoms with Crippen LogP contribution in [0.25, 0.3) is 0 Å². The van der Waals surface area contributed by atoms with Crippen molar-refractivity contribution in [1.82, 2.24) is 5.32 Å². The van der Waals surface area contributed by atoms with Gasteiger partial charge in [-0.25, -0.2) is 19.2 Å². The number of Topliss-reactive ketones (excluding diaryl/α,β-unsaturated/α-hetero) is 1. The zero-order chi connectivity index (χ0) is 59.5. The summed E-state index contributed by atoms with van der Waals surface area (Å²) in [4.78, 5) is 82.8. The van der Waals surface area contributed by atoms with Gasteiger partial charge in [-0.15, -0.1) is 0 Å². The molecule has 18 nitrogen and oxygen atoms in total. The SMILES string of the molecule is COc1ccc(C(OC[C@@H]2C[C@@H](O)CC2C(=O)COCCNC(=O)CO[C@H]2OC(COC(=O)c3ccccc3)[C@@H](OC(=O)c3ccccc3)[C@@H](OC(=O)c3ccccc3)C2OC(=O)c2ccccc2)(c2ccccc2)c2ccc(OC)cc2)cc1. The number of aliphatic hydroxyl groups is 1. The number of carbonyl (C=O) groups is 6. The Morgan fingerprint density at radius 1 is 0.518 bits per heavy atom. The fourth-order valence-corrected chi connectivity index (χ4v) is 10.4. The third-order valence-corrected chi connectivity index (χ3v) is 14.7. The number of hydrogen-bond acceptors (Lipinski definition) is 17. The van der Waals surface area contributed by atoms with Crippen LogP contribution in [0, 0.1) is 11.8 Å². The molecule has 7 aromatic rings. The van der Waals surface area contributed by atoms with Crippen molar-refractivity contribution in [3.05, 3.63) is 239 Å². The van der Waals surface area contributed by atoms with E-state index in [0.717, 1.165) is 16.7 Å². The molecule has 1 aliphatic heterocycles. The quantitative estimate of drug-likeness (QED) is 0.0225.